The van der Waals surface area contributed by atoms with E-state index in [1.165, 1.54) is 0 Å². The molecule has 6 nitrogen and oxygen atoms in total. The van der Waals surface area contributed by atoms with Gasteiger partial charge in [0, 0.05) is 30.6 Å². The van der Waals surface area contributed by atoms with Gasteiger partial charge < -0.3 is 19.3 Å². The van der Waals surface area contributed by atoms with Crippen molar-refractivity contribution in [2.24, 2.45) is 0 Å². The maximum absolute atomic E-state index is 12.4. The van der Waals surface area contributed by atoms with Crippen LogP contribution in [0.1, 0.15) is 32.0 Å². The van der Waals surface area contributed by atoms with Gasteiger partial charge in [0.1, 0.15) is 12.1 Å². The van der Waals surface area contributed by atoms with E-state index in [4.69, 9.17) is 27.9 Å². The van der Waals surface area contributed by atoms with E-state index in [9.17, 15) is 14.7 Å². The molecule has 27 heavy (non-hydrogen) atoms. The average Bonchev–Trinajstić information content (AvgIpc) is 2.70. The number of amides is 1. The number of hydrogen-bond acceptors (Lipinski definition) is 3. The molecule has 0 atom stereocenters. The monoisotopic (exact) mass is 412 g/mol. The van der Waals surface area contributed by atoms with Gasteiger partial charge in [-0.3, -0.25) is 4.79 Å². The summed E-state index contributed by atoms with van der Waals surface area (Å²) in [5.74, 6) is -0.936. The molecule has 1 aliphatic rings. The van der Waals surface area contributed by atoms with Gasteiger partial charge in [-0.1, -0.05) is 23.2 Å². The molecule has 1 aromatic carbocycles. The van der Waals surface area contributed by atoms with Gasteiger partial charge in [0.05, 0.1) is 15.6 Å². The number of fused-ring (bicyclic) bond motifs is 3. The highest BCUT2D eigenvalue weighted by molar-refractivity contribution is 6.45. The Balaban J connectivity index is 2.01. The van der Waals surface area contributed by atoms with Crippen LogP contribution < -0.4 is 0 Å². The van der Waals surface area contributed by atoms with E-state index < -0.39 is 11.6 Å². The number of rotatable bonds is 2. The molecule has 1 amide bonds. The highest BCUT2D eigenvalue weighted by atomic mass is 35.5. The highest BCUT2D eigenvalue weighted by Gasteiger charge is 2.28. The van der Waals surface area contributed by atoms with Gasteiger partial charge in [0.25, 0.3) is 0 Å². The minimum Gasteiger partial charge on any atom is -0.480 e. The van der Waals surface area contributed by atoms with Crippen LogP contribution in [0.4, 0.5) is 4.79 Å². The molecule has 3 rings (SSSR count). The summed E-state index contributed by atoms with van der Waals surface area (Å²) in [5, 5.41) is 11.0. The first-order valence-corrected chi connectivity index (χ1v) is 9.51. The van der Waals surface area contributed by atoms with Crippen molar-refractivity contribution in [2.75, 3.05) is 13.1 Å². The molecular formula is C19H22Cl2N2O4. The largest absolute Gasteiger partial charge is 0.480 e. The summed E-state index contributed by atoms with van der Waals surface area (Å²) in [6.45, 7) is 6.23. The fraction of sp³-hybridized carbons (Fsp3) is 0.474. The first-order valence-electron chi connectivity index (χ1n) is 8.76. The van der Waals surface area contributed by atoms with Crippen LogP contribution in [0, 0.1) is 0 Å². The lowest BCUT2D eigenvalue weighted by Gasteiger charge is -2.26. The number of ether oxygens (including phenoxy) is 1. The van der Waals surface area contributed by atoms with Gasteiger partial charge in [-0.05, 0) is 44.9 Å². The Morgan fingerprint density at radius 2 is 1.85 bits per heavy atom. The van der Waals surface area contributed by atoms with Gasteiger partial charge in [-0.25, -0.2) is 4.79 Å². The number of carbonyl (C=O) groups is 2. The summed E-state index contributed by atoms with van der Waals surface area (Å²) < 4.78 is 7.23. The third-order valence-electron chi connectivity index (χ3n) is 4.53. The molecule has 8 heteroatoms. The number of aromatic nitrogens is 1. The number of hydrogen-bond donors (Lipinski definition) is 1. The highest BCUT2D eigenvalue weighted by Crippen LogP contribution is 2.38. The van der Waals surface area contributed by atoms with Crippen LogP contribution in [-0.4, -0.2) is 45.3 Å². The summed E-state index contributed by atoms with van der Waals surface area (Å²) >= 11 is 12.6. The second-order valence-corrected chi connectivity index (χ2v) is 8.41. The zero-order chi connectivity index (χ0) is 19.9. The van der Waals surface area contributed by atoms with Gasteiger partial charge in [-0.15, -0.1) is 0 Å². The molecule has 0 aliphatic carbocycles. The Hall–Kier alpha value is -1.92. The van der Waals surface area contributed by atoms with Crippen LogP contribution in [0.2, 0.25) is 10.0 Å². The molecule has 1 N–H and O–H groups in total. The first-order chi connectivity index (χ1) is 12.6. The minimum atomic E-state index is -0.936. The van der Waals surface area contributed by atoms with E-state index >= 15 is 0 Å². The van der Waals surface area contributed by atoms with Gasteiger partial charge in [0.15, 0.2) is 0 Å². The van der Waals surface area contributed by atoms with E-state index in [1.54, 1.807) is 21.6 Å². The second-order valence-electron chi connectivity index (χ2n) is 7.63. The predicted molar refractivity (Wildman–Crippen MR) is 105 cm³/mol. The number of halogens is 2. The van der Waals surface area contributed by atoms with Crippen molar-refractivity contribution >= 4 is 46.2 Å². The SMILES string of the molecule is CC(C)(C)OC(=O)N1CCc2c(n(CC(=O)O)c3ccc(Cl)c(Cl)c23)CC1. The Morgan fingerprint density at radius 1 is 1.19 bits per heavy atom. The van der Waals surface area contributed by atoms with Crippen LogP contribution in [0.3, 0.4) is 0 Å². The molecular weight excluding hydrogens is 391 g/mol. The van der Waals surface area contributed by atoms with Crippen LogP contribution in [0.5, 0.6) is 0 Å². The Morgan fingerprint density at radius 3 is 2.48 bits per heavy atom. The van der Waals surface area contributed by atoms with Crippen molar-refractivity contribution in [3.8, 4) is 0 Å². The molecule has 0 saturated heterocycles. The maximum Gasteiger partial charge on any atom is 0.410 e. The van der Waals surface area contributed by atoms with E-state index in [1.807, 2.05) is 20.8 Å². The van der Waals surface area contributed by atoms with E-state index in [-0.39, 0.29) is 12.6 Å². The van der Waals surface area contributed by atoms with Gasteiger partial charge in [0.2, 0.25) is 0 Å². The fourth-order valence-corrected chi connectivity index (χ4v) is 3.92. The summed E-state index contributed by atoms with van der Waals surface area (Å²) in [6, 6.07) is 3.48. The Kier molecular flexibility index (Phi) is 5.32. The molecule has 2 heterocycles. The van der Waals surface area contributed by atoms with E-state index in [0.29, 0.717) is 36.0 Å². The quantitative estimate of drug-likeness (QED) is 0.794. The number of carboxylic acid groups (broad SMARTS) is 1. The van der Waals surface area contributed by atoms with Crippen molar-refractivity contribution in [3.05, 3.63) is 33.4 Å². The summed E-state index contributed by atoms with van der Waals surface area (Å²) in [5.41, 5.74) is 2.01. The smallest absolute Gasteiger partial charge is 0.410 e. The number of carbonyl (C=O) groups excluding carboxylic acids is 1. The van der Waals surface area contributed by atoms with Crippen LogP contribution >= 0.6 is 23.2 Å². The van der Waals surface area contributed by atoms with Crippen molar-refractivity contribution in [3.63, 3.8) is 0 Å². The zero-order valence-corrected chi connectivity index (χ0v) is 17.0. The van der Waals surface area contributed by atoms with Crippen molar-refractivity contribution < 1.29 is 19.4 Å². The number of benzene rings is 1. The van der Waals surface area contributed by atoms with Gasteiger partial charge in [-0.2, -0.15) is 0 Å². The summed E-state index contributed by atoms with van der Waals surface area (Å²) in [6.07, 6.45) is 0.702. The topological polar surface area (TPSA) is 71.8 Å². The lowest BCUT2D eigenvalue weighted by atomic mass is 10.1. The lowest BCUT2D eigenvalue weighted by molar-refractivity contribution is -0.137. The molecule has 1 aromatic heterocycles. The molecule has 0 bridgehead atoms. The predicted octanol–water partition coefficient (Wildman–Crippen LogP) is 4.37. The lowest BCUT2D eigenvalue weighted by Crippen LogP contribution is -2.38. The van der Waals surface area contributed by atoms with E-state index in [0.717, 1.165) is 22.2 Å². The second kappa shape index (κ2) is 7.24. The van der Waals surface area contributed by atoms with Crippen LogP contribution in [0.25, 0.3) is 10.9 Å². The summed E-state index contributed by atoms with van der Waals surface area (Å²) in [7, 11) is 0. The Bertz CT molecular complexity index is 915. The number of nitrogens with zero attached hydrogens (tertiary/aromatic N) is 2. The molecule has 0 unspecified atom stereocenters. The Labute approximate surface area is 167 Å². The first kappa shape index (κ1) is 19.8. The average molecular weight is 413 g/mol. The molecule has 0 saturated carbocycles. The minimum absolute atomic E-state index is 0.170. The van der Waals surface area contributed by atoms with Crippen molar-refractivity contribution in [1.82, 2.24) is 9.47 Å². The number of aliphatic carboxylic acids is 1. The molecule has 1 aliphatic heterocycles. The normalized spacial score (nSPS) is 14.8. The van der Waals surface area contributed by atoms with Crippen LogP contribution in [0.15, 0.2) is 12.1 Å². The van der Waals surface area contributed by atoms with Gasteiger partial charge >= 0.3 is 12.1 Å². The fourth-order valence-electron chi connectivity index (χ4n) is 3.48. The standard InChI is InChI=1S/C19H22Cl2N2O4/c1-19(2,3)27-18(26)22-8-6-11-13(7-9-22)23(10-15(24)25)14-5-4-12(20)17(21)16(11)14/h4-5H,6-10H2,1-3H3,(H,24,25). The number of carboxylic acids is 1. The van der Waals surface area contributed by atoms with Crippen molar-refractivity contribution in [1.29, 1.82) is 0 Å². The maximum atomic E-state index is 12.4. The molecule has 0 fully saturated rings. The zero-order valence-electron chi connectivity index (χ0n) is 15.5. The third-order valence-corrected chi connectivity index (χ3v) is 5.34. The van der Waals surface area contributed by atoms with Crippen molar-refractivity contribution in [2.45, 2.75) is 45.8 Å². The molecule has 0 radical (unpaired) electrons. The van der Waals surface area contributed by atoms with E-state index in [2.05, 4.69) is 0 Å². The van der Waals surface area contributed by atoms with Crippen LogP contribution in [-0.2, 0) is 28.9 Å². The molecule has 2 aromatic rings. The molecule has 146 valence electrons. The summed E-state index contributed by atoms with van der Waals surface area (Å²) in [4.78, 5) is 25.5. The molecule has 0 spiro atoms. The third kappa shape index (κ3) is 4.01.